The van der Waals surface area contributed by atoms with Gasteiger partial charge in [0.2, 0.25) is 0 Å². The molecule has 1 heterocycles. The topological polar surface area (TPSA) is 44.7 Å². The number of morpholine rings is 1. The van der Waals surface area contributed by atoms with Gasteiger partial charge in [-0.15, -0.1) is 0 Å². The summed E-state index contributed by atoms with van der Waals surface area (Å²) >= 11 is 0. The molecule has 0 saturated carbocycles. The first-order valence-electron chi connectivity index (χ1n) is 5.99. The summed E-state index contributed by atoms with van der Waals surface area (Å²) in [5, 5.41) is 13.2. The van der Waals surface area contributed by atoms with E-state index in [9.17, 15) is 5.11 Å². The first-order valence-corrected chi connectivity index (χ1v) is 5.99. The fourth-order valence-electron chi connectivity index (χ4n) is 1.93. The fraction of sp³-hybridized carbons (Fsp3) is 1.00. The average Bonchev–Trinajstić information content (AvgIpc) is 2.27. The van der Waals surface area contributed by atoms with Crippen LogP contribution in [0.4, 0.5) is 0 Å². The molecule has 0 aromatic carbocycles. The van der Waals surface area contributed by atoms with Crippen molar-refractivity contribution in [1.29, 1.82) is 0 Å². The number of aliphatic hydroxyl groups is 1. The summed E-state index contributed by atoms with van der Waals surface area (Å²) in [6.45, 7) is 9.56. The minimum Gasteiger partial charge on any atom is -0.392 e. The van der Waals surface area contributed by atoms with Crippen LogP contribution in [-0.4, -0.2) is 61.5 Å². The van der Waals surface area contributed by atoms with Crippen molar-refractivity contribution in [3.05, 3.63) is 0 Å². The maximum absolute atomic E-state index is 9.88. The van der Waals surface area contributed by atoms with Gasteiger partial charge < -0.3 is 20.1 Å². The molecule has 4 heteroatoms. The quantitative estimate of drug-likeness (QED) is 0.659. The molecule has 0 amide bonds. The Bertz CT molecular complexity index is 157. The van der Waals surface area contributed by atoms with Crippen LogP contribution in [0.2, 0.25) is 0 Å². The summed E-state index contributed by atoms with van der Waals surface area (Å²) in [4.78, 5) is 2.24. The lowest BCUT2D eigenvalue weighted by atomic mass is 10.1. The van der Waals surface area contributed by atoms with E-state index in [4.69, 9.17) is 4.74 Å². The Labute approximate surface area is 92.6 Å². The van der Waals surface area contributed by atoms with Crippen LogP contribution in [0.1, 0.15) is 20.3 Å². The number of aliphatic hydroxyl groups excluding tert-OH is 1. The van der Waals surface area contributed by atoms with Gasteiger partial charge in [-0.2, -0.15) is 0 Å². The van der Waals surface area contributed by atoms with Gasteiger partial charge in [-0.3, -0.25) is 0 Å². The number of likely N-dealkylation sites (N-methyl/N-ethyl adjacent to an activating group) is 1. The van der Waals surface area contributed by atoms with Crippen LogP contribution in [-0.2, 0) is 4.74 Å². The number of nitrogens with zero attached hydrogens (tertiary/aromatic N) is 1. The van der Waals surface area contributed by atoms with Gasteiger partial charge in [-0.25, -0.2) is 0 Å². The summed E-state index contributed by atoms with van der Waals surface area (Å²) in [6.07, 6.45) is 0.655. The maximum Gasteiger partial charge on any atom is 0.0725 e. The van der Waals surface area contributed by atoms with Crippen molar-refractivity contribution in [2.75, 3.05) is 39.3 Å². The van der Waals surface area contributed by atoms with Crippen LogP contribution >= 0.6 is 0 Å². The molecule has 4 nitrogen and oxygen atoms in total. The Kier molecular flexibility index (Phi) is 6.17. The minimum atomic E-state index is -0.269. The van der Waals surface area contributed by atoms with E-state index in [1.165, 1.54) is 0 Å². The van der Waals surface area contributed by atoms with Crippen LogP contribution in [0.5, 0.6) is 0 Å². The highest BCUT2D eigenvalue weighted by Gasteiger charge is 2.18. The zero-order chi connectivity index (χ0) is 11.1. The van der Waals surface area contributed by atoms with Crippen molar-refractivity contribution in [2.45, 2.75) is 32.5 Å². The summed E-state index contributed by atoms with van der Waals surface area (Å²) in [5.41, 5.74) is 0. The molecule has 2 atom stereocenters. The minimum absolute atomic E-state index is 0.185. The van der Waals surface area contributed by atoms with Crippen LogP contribution in [0.25, 0.3) is 0 Å². The highest BCUT2D eigenvalue weighted by Crippen LogP contribution is 2.06. The maximum atomic E-state index is 9.88. The lowest BCUT2D eigenvalue weighted by Crippen LogP contribution is -2.42. The van der Waals surface area contributed by atoms with E-state index in [1.807, 2.05) is 0 Å². The molecule has 1 aliphatic heterocycles. The Hall–Kier alpha value is -0.160. The number of rotatable bonds is 6. The zero-order valence-electron chi connectivity index (χ0n) is 9.91. The highest BCUT2D eigenvalue weighted by atomic mass is 16.5. The molecule has 0 bridgehead atoms. The van der Waals surface area contributed by atoms with Gasteiger partial charge in [-0.1, -0.05) is 13.8 Å². The first-order chi connectivity index (χ1) is 7.26. The summed E-state index contributed by atoms with van der Waals surface area (Å²) < 4.78 is 5.56. The number of ether oxygens (including phenoxy) is 1. The Balaban J connectivity index is 2.18. The van der Waals surface area contributed by atoms with Gasteiger partial charge in [0, 0.05) is 26.1 Å². The lowest BCUT2D eigenvalue weighted by molar-refractivity contribution is -0.0112. The molecule has 1 fully saturated rings. The van der Waals surface area contributed by atoms with Gasteiger partial charge in [-0.05, 0) is 13.1 Å². The monoisotopic (exact) mass is 216 g/mol. The fourth-order valence-corrected chi connectivity index (χ4v) is 1.93. The average molecular weight is 216 g/mol. The zero-order valence-corrected chi connectivity index (χ0v) is 9.91. The van der Waals surface area contributed by atoms with E-state index in [0.29, 0.717) is 0 Å². The summed E-state index contributed by atoms with van der Waals surface area (Å²) in [5.74, 6) is 0. The highest BCUT2D eigenvalue weighted by molar-refractivity contribution is 4.73. The van der Waals surface area contributed by atoms with Crippen molar-refractivity contribution in [3.63, 3.8) is 0 Å². The largest absolute Gasteiger partial charge is 0.392 e. The summed E-state index contributed by atoms with van der Waals surface area (Å²) in [7, 11) is 0. The van der Waals surface area contributed by atoms with Crippen molar-refractivity contribution in [2.24, 2.45) is 0 Å². The predicted octanol–water partition coefficient (Wildman–Crippen LogP) is 0.0676. The van der Waals surface area contributed by atoms with Crippen LogP contribution in [0.15, 0.2) is 0 Å². The molecule has 1 saturated heterocycles. The van der Waals surface area contributed by atoms with E-state index in [1.54, 1.807) is 0 Å². The molecule has 15 heavy (non-hydrogen) atoms. The molecule has 0 spiro atoms. The SMILES string of the molecule is CCN(CC)CC(O)CC1CNCCO1. The first kappa shape index (κ1) is 12.9. The Morgan fingerprint density at radius 1 is 1.47 bits per heavy atom. The molecule has 1 aliphatic rings. The second-order valence-corrected chi connectivity index (χ2v) is 4.07. The molecule has 2 N–H and O–H groups in total. The molecule has 0 aromatic rings. The van der Waals surface area contributed by atoms with Gasteiger partial charge in [0.05, 0.1) is 18.8 Å². The predicted molar refractivity (Wildman–Crippen MR) is 61.0 cm³/mol. The molecule has 1 rings (SSSR count). The third kappa shape index (κ3) is 4.93. The standard InChI is InChI=1S/C11H24N2O2/c1-3-13(4-2)9-10(14)7-11-8-12-5-6-15-11/h10-12,14H,3-9H2,1-2H3. The van der Waals surface area contributed by atoms with Gasteiger partial charge >= 0.3 is 0 Å². The van der Waals surface area contributed by atoms with Gasteiger partial charge in [0.15, 0.2) is 0 Å². The third-order valence-corrected chi connectivity index (χ3v) is 2.90. The van der Waals surface area contributed by atoms with Crippen molar-refractivity contribution in [3.8, 4) is 0 Å². The van der Waals surface area contributed by atoms with E-state index < -0.39 is 0 Å². The van der Waals surface area contributed by atoms with Crippen LogP contribution in [0.3, 0.4) is 0 Å². The molecular weight excluding hydrogens is 192 g/mol. The van der Waals surface area contributed by atoms with Crippen LogP contribution < -0.4 is 5.32 Å². The van der Waals surface area contributed by atoms with Gasteiger partial charge in [0.25, 0.3) is 0 Å². The number of hydrogen-bond acceptors (Lipinski definition) is 4. The van der Waals surface area contributed by atoms with E-state index in [-0.39, 0.29) is 12.2 Å². The summed E-state index contributed by atoms with van der Waals surface area (Å²) in [6, 6.07) is 0. The second-order valence-electron chi connectivity index (χ2n) is 4.07. The van der Waals surface area contributed by atoms with Gasteiger partial charge in [0.1, 0.15) is 0 Å². The number of nitrogens with one attached hydrogen (secondary N) is 1. The smallest absolute Gasteiger partial charge is 0.0725 e. The van der Waals surface area contributed by atoms with Crippen LogP contribution in [0, 0.1) is 0 Å². The van der Waals surface area contributed by atoms with Crippen molar-refractivity contribution in [1.82, 2.24) is 10.2 Å². The normalized spacial score (nSPS) is 24.4. The van der Waals surface area contributed by atoms with Crippen molar-refractivity contribution >= 4 is 0 Å². The molecule has 2 unspecified atom stereocenters. The Morgan fingerprint density at radius 2 is 2.20 bits per heavy atom. The van der Waals surface area contributed by atoms with E-state index in [2.05, 4.69) is 24.1 Å². The third-order valence-electron chi connectivity index (χ3n) is 2.90. The number of hydrogen-bond donors (Lipinski definition) is 2. The molecular formula is C11H24N2O2. The Morgan fingerprint density at radius 3 is 2.73 bits per heavy atom. The molecule has 90 valence electrons. The van der Waals surface area contributed by atoms with E-state index >= 15 is 0 Å². The molecule has 0 aliphatic carbocycles. The van der Waals surface area contributed by atoms with E-state index in [0.717, 1.165) is 45.8 Å². The molecule has 0 aromatic heterocycles. The molecule has 0 radical (unpaired) electrons. The lowest BCUT2D eigenvalue weighted by Gasteiger charge is -2.28. The van der Waals surface area contributed by atoms with Crippen molar-refractivity contribution < 1.29 is 9.84 Å². The second kappa shape index (κ2) is 7.17.